The average molecular weight is 667 g/mol. The molecule has 1 atom stereocenters. The third kappa shape index (κ3) is 8.25. The van der Waals surface area contributed by atoms with Crippen molar-refractivity contribution in [2.24, 2.45) is 0 Å². The van der Waals surface area contributed by atoms with Gasteiger partial charge >= 0.3 is 0 Å². The van der Waals surface area contributed by atoms with Gasteiger partial charge in [0.15, 0.2) is 0 Å². The van der Waals surface area contributed by atoms with Gasteiger partial charge in [-0.25, -0.2) is 8.42 Å². The van der Waals surface area contributed by atoms with Crippen molar-refractivity contribution < 1.29 is 18.0 Å². The molecule has 0 saturated carbocycles. The zero-order valence-corrected chi connectivity index (χ0v) is 27.9. The van der Waals surface area contributed by atoms with Gasteiger partial charge in [0.2, 0.25) is 11.8 Å². The topological polar surface area (TPSA) is 86.8 Å². The molecular formula is C35H37Cl2N3O4S. The summed E-state index contributed by atoms with van der Waals surface area (Å²) in [5.41, 5.74) is 3.25. The number of carbonyl (C=O) groups excluding carboxylic acids is 2. The van der Waals surface area contributed by atoms with Crippen LogP contribution in [0.25, 0.3) is 0 Å². The van der Waals surface area contributed by atoms with Crippen molar-refractivity contribution in [2.75, 3.05) is 17.4 Å². The Morgan fingerprint density at radius 3 is 2.04 bits per heavy atom. The Morgan fingerprint density at radius 1 is 0.822 bits per heavy atom. The molecule has 1 N–H and O–H groups in total. The van der Waals surface area contributed by atoms with Crippen molar-refractivity contribution in [3.05, 3.63) is 129 Å². The fourth-order valence-corrected chi connectivity index (χ4v) is 7.02. The number of hydrogen-bond acceptors (Lipinski definition) is 4. The van der Waals surface area contributed by atoms with E-state index in [1.54, 1.807) is 48.5 Å². The molecule has 0 radical (unpaired) electrons. The highest BCUT2D eigenvalue weighted by molar-refractivity contribution is 7.92. The van der Waals surface area contributed by atoms with Crippen molar-refractivity contribution >= 4 is 50.7 Å². The lowest BCUT2D eigenvalue weighted by molar-refractivity contribution is -0.140. The minimum atomic E-state index is -4.20. The molecule has 45 heavy (non-hydrogen) atoms. The minimum absolute atomic E-state index is 0.0425. The van der Waals surface area contributed by atoms with Gasteiger partial charge in [-0.1, -0.05) is 96.9 Å². The number of halogens is 2. The van der Waals surface area contributed by atoms with Gasteiger partial charge < -0.3 is 10.2 Å². The fourth-order valence-electron chi connectivity index (χ4n) is 5.01. The highest BCUT2D eigenvalue weighted by Gasteiger charge is 2.35. The van der Waals surface area contributed by atoms with Crippen LogP contribution in [0.3, 0.4) is 0 Å². The SMILES string of the molecule is CCCNC(=O)C(Cc1ccccc1)N(Cc1c(Cl)cccc1Cl)C(=O)CN(c1cccc(C)c1C)S(=O)(=O)c1ccccc1. The van der Waals surface area contributed by atoms with Crippen LogP contribution in [0.5, 0.6) is 0 Å². The Bertz CT molecular complexity index is 1710. The van der Waals surface area contributed by atoms with E-state index in [0.717, 1.165) is 15.4 Å². The number of carbonyl (C=O) groups is 2. The molecule has 0 bridgehead atoms. The number of aryl methyl sites for hydroxylation is 1. The molecule has 0 fully saturated rings. The molecule has 4 rings (SSSR count). The predicted octanol–water partition coefficient (Wildman–Crippen LogP) is 6.97. The summed E-state index contributed by atoms with van der Waals surface area (Å²) in [7, 11) is -4.20. The van der Waals surface area contributed by atoms with Gasteiger partial charge in [0.05, 0.1) is 10.6 Å². The molecule has 0 aliphatic rings. The summed E-state index contributed by atoms with van der Waals surface area (Å²) < 4.78 is 29.5. The first kappa shape index (κ1) is 34.0. The normalized spacial score (nSPS) is 11.9. The number of nitrogens with zero attached hydrogens (tertiary/aromatic N) is 2. The second kappa shape index (κ2) is 15.4. The molecule has 0 heterocycles. The van der Waals surface area contributed by atoms with Gasteiger partial charge in [0, 0.05) is 35.1 Å². The van der Waals surface area contributed by atoms with Crippen LogP contribution in [-0.4, -0.2) is 44.3 Å². The zero-order chi connectivity index (χ0) is 32.6. The number of sulfonamides is 1. The van der Waals surface area contributed by atoms with Crippen LogP contribution in [0.4, 0.5) is 5.69 Å². The van der Waals surface area contributed by atoms with E-state index in [1.165, 1.54) is 17.0 Å². The molecule has 236 valence electrons. The van der Waals surface area contributed by atoms with Gasteiger partial charge in [0.25, 0.3) is 10.0 Å². The van der Waals surface area contributed by atoms with E-state index in [-0.39, 0.29) is 23.8 Å². The highest BCUT2D eigenvalue weighted by Crippen LogP contribution is 2.31. The number of anilines is 1. The minimum Gasteiger partial charge on any atom is -0.354 e. The summed E-state index contributed by atoms with van der Waals surface area (Å²) in [5.74, 6) is -0.944. The average Bonchev–Trinajstić information content (AvgIpc) is 3.03. The zero-order valence-electron chi connectivity index (χ0n) is 25.5. The summed E-state index contributed by atoms with van der Waals surface area (Å²) in [6, 6.07) is 26.7. The van der Waals surface area contributed by atoms with E-state index in [9.17, 15) is 18.0 Å². The lowest BCUT2D eigenvalue weighted by Crippen LogP contribution is -2.53. The lowest BCUT2D eigenvalue weighted by Gasteiger charge is -2.34. The summed E-state index contributed by atoms with van der Waals surface area (Å²) >= 11 is 13.1. The maximum Gasteiger partial charge on any atom is 0.264 e. The molecule has 1 unspecified atom stereocenters. The molecule has 10 heteroatoms. The van der Waals surface area contributed by atoms with Crippen LogP contribution in [0.15, 0.2) is 102 Å². The molecule has 0 aliphatic carbocycles. The fraction of sp³-hybridized carbons (Fsp3) is 0.257. The van der Waals surface area contributed by atoms with Gasteiger partial charge in [-0.3, -0.25) is 13.9 Å². The van der Waals surface area contributed by atoms with Crippen LogP contribution in [-0.2, 0) is 32.6 Å². The molecule has 2 amide bonds. The lowest BCUT2D eigenvalue weighted by atomic mass is 10.0. The van der Waals surface area contributed by atoms with E-state index in [1.807, 2.05) is 57.2 Å². The van der Waals surface area contributed by atoms with Crippen LogP contribution >= 0.6 is 23.2 Å². The Labute approximate surface area is 275 Å². The number of nitrogens with one attached hydrogen (secondary N) is 1. The Morgan fingerprint density at radius 2 is 1.42 bits per heavy atom. The number of benzene rings is 4. The van der Waals surface area contributed by atoms with E-state index < -0.39 is 28.5 Å². The van der Waals surface area contributed by atoms with Gasteiger partial charge in [-0.05, 0) is 67.3 Å². The second-order valence-corrected chi connectivity index (χ2v) is 13.4. The second-order valence-electron chi connectivity index (χ2n) is 10.8. The molecule has 4 aromatic rings. The standard InChI is InChI=1S/C35H37Cl2N3O4S/c1-4-21-38-35(42)33(22-27-14-7-5-8-15-27)39(23-29-30(36)18-12-19-31(29)37)34(41)24-40(32-20-11-13-25(2)26(32)3)45(43,44)28-16-9-6-10-17-28/h5-20,33H,4,21-24H2,1-3H3,(H,38,42). The van der Waals surface area contributed by atoms with Crippen molar-refractivity contribution in [3.63, 3.8) is 0 Å². The Hall–Kier alpha value is -3.85. The van der Waals surface area contributed by atoms with Crippen LogP contribution in [0, 0.1) is 13.8 Å². The summed E-state index contributed by atoms with van der Waals surface area (Å²) in [4.78, 5) is 29.8. The van der Waals surface area contributed by atoms with Crippen LogP contribution < -0.4 is 9.62 Å². The van der Waals surface area contributed by atoms with Crippen LogP contribution in [0.1, 0.15) is 35.6 Å². The quantitative estimate of drug-likeness (QED) is 0.167. The van der Waals surface area contributed by atoms with Crippen molar-refractivity contribution in [1.29, 1.82) is 0 Å². The molecule has 7 nitrogen and oxygen atoms in total. The van der Waals surface area contributed by atoms with E-state index >= 15 is 0 Å². The third-order valence-corrected chi connectivity index (χ3v) is 10.1. The summed E-state index contributed by atoms with van der Waals surface area (Å²) in [5, 5.41) is 3.59. The summed E-state index contributed by atoms with van der Waals surface area (Å²) in [6.45, 7) is 5.38. The predicted molar refractivity (Wildman–Crippen MR) is 181 cm³/mol. The molecule has 4 aromatic carbocycles. The first-order valence-corrected chi connectivity index (χ1v) is 16.9. The van der Waals surface area contributed by atoms with Gasteiger partial charge in [-0.15, -0.1) is 0 Å². The van der Waals surface area contributed by atoms with Gasteiger partial charge in [0.1, 0.15) is 12.6 Å². The number of hydrogen-bond donors (Lipinski definition) is 1. The van der Waals surface area contributed by atoms with E-state index in [4.69, 9.17) is 23.2 Å². The molecule has 0 aliphatic heterocycles. The van der Waals surface area contributed by atoms with Crippen LogP contribution in [0.2, 0.25) is 10.0 Å². The highest BCUT2D eigenvalue weighted by atomic mass is 35.5. The maximum atomic E-state index is 14.6. The van der Waals surface area contributed by atoms with E-state index in [2.05, 4.69) is 5.32 Å². The smallest absolute Gasteiger partial charge is 0.264 e. The summed E-state index contributed by atoms with van der Waals surface area (Å²) in [6.07, 6.45) is 0.892. The first-order valence-electron chi connectivity index (χ1n) is 14.7. The van der Waals surface area contributed by atoms with E-state index in [0.29, 0.717) is 39.8 Å². The molecule has 0 saturated heterocycles. The number of amides is 2. The van der Waals surface area contributed by atoms with Gasteiger partial charge in [-0.2, -0.15) is 0 Å². The Kier molecular flexibility index (Phi) is 11.7. The largest absolute Gasteiger partial charge is 0.354 e. The monoisotopic (exact) mass is 665 g/mol. The molecule has 0 aromatic heterocycles. The Balaban J connectivity index is 1.85. The molecule has 0 spiro atoms. The van der Waals surface area contributed by atoms with Crippen molar-refractivity contribution in [3.8, 4) is 0 Å². The number of rotatable bonds is 13. The third-order valence-electron chi connectivity index (χ3n) is 7.67. The first-order chi connectivity index (χ1) is 21.5. The molecular weight excluding hydrogens is 629 g/mol. The van der Waals surface area contributed by atoms with Crippen molar-refractivity contribution in [2.45, 2.75) is 51.1 Å². The maximum absolute atomic E-state index is 14.6. The van der Waals surface area contributed by atoms with Crippen molar-refractivity contribution in [1.82, 2.24) is 10.2 Å².